The average Bonchev–Trinajstić information content (AvgIpc) is 3.36. The van der Waals surface area contributed by atoms with Gasteiger partial charge >= 0.3 is 12.6 Å². The number of methoxy groups -OCH3 is 1. The standard InChI is InChI=1S/C20H16F4N4O4/c1-30-11-6-13(21)15(14(22)7-11)12-8-25-17(29)16(12)26-20-28-27-18(32-20)9-2-4-10(5-3-9)31-19(23)24/h2-7,12,16,19H,8H2,1H3,(H,25,29)(H,26,28). The summed E-state index contributed by atoms with van der Waals surface area (Å²) in [5.74, 6) is -3.10. The second kappa shape index (κ2) is 8.73. The van der Waals surface area contributed by atoms with Crippen LogP contribution in [0.3, 0.4) is 0 Å². The van der Waals surface area contributed by atoms with Crippen molar-refractivity contribution in [2.24, 2.45) is 0 Å². The van der Waals surface area contributed by atoms with Crippen molar-refractivity contribution in [3.63, 3.8) is 0 Å². The summed E-state index contributed by atoms with van der Waals surface area (Å²) in [5, 5.41) is 12.9. The van der Waals surface area contributed by atoms with E-state index in [1.165, 1.54) is 31.4 Å². The molecule has 2 N–H and O–H groups in total. The lowest BCUT2D eigenvalue weighted by Crippen LogP contribution is -2.33. The lowest BCUT2D eigenvalue weighted by atomic mass is 9.93. The van der Waals surface area contributed by atoms with Crippen molar-refractivity contribution in [1.29, 1.82) is 0 Å². The molecule has 1 aromatic heterocycles. The first kappa shape index (κ1) is 21.4. The third kappa shape index (κ3) is 4.29. The number of carbonyl (C=O) groups excluding carboxylic acids is 1. The summed E-state index contributed by atoms with van der Waals surface area (Å²) >= 11 is 0. The lowest BCUT2D eigenvalue weighted by molar-refractivity contribution is -0.119. The number of hydrogen-bond acceptors (Lipinski definition) is 7. The molecule has 0 saturated carbocycles. The van der Waals surface area contributed by atoms with Crippen molar-refractivity contribution in [3.8, 4) is 23.0 Å². The monoisotopic (exact) mass is 452 g/mol. The molecule has 1 aliphatic heterocycles. The van der Waals surface area contributed by atoms with E-state index in [1.54, 1.807) is 0 Å². The van der Waals surface area contributed by atoms with Gasteiger partial charge in [-0.05, 0) is 24.3 Å². The summed E-state index contributed by atoms with van der Waals surface area (Å²) in [6, 6.07) is 6.29. The number of benzene rings is 2. The highest BCUT2D eigenvalue weighted by Crippen LogP contribution is 2.33. The lowest BCUT2D eigenvalue weighted by Gasteiger charge is -2.19. The summed E-state index contributed by atoms with van der Waals surface area (Å²) in [6.45, 7) is -2.96. The van der Waals surface area contributed by atoms with Gasteiger partial charge in [0.1, 0.15) is 29.2 Å². The molecule has 168 valence electrons. The molecule has 32 heavy (non-hydrogen) atoms. The SMILES string of the molecule is COc1cc(F)c(C2CNC(=O)C2Nc2nnc(-c3ccc(OC(F)F)cc3)o2)c(F)c1. The number of rotatable bonds is 7. The van der Waals surface area contributed by atoms with Crippen molar-refractivity contribution in [3.05, 3.63) is 53.6 Å². The molecule has 8 nitrogen and oxygen atoms in total. The van der Waals surface area contributed by atoms with E-state index in [0.29, 0.717) is 5.56 Å². The molecule has 0 aliphatic carbocycles. The largest absolute Gasteiger partial charge is 0.497 e. The quantitative estimate of drug-likeness (QED) is 0.531. The van der Waals surface area contributed by atoms with Gasteiger partial charge in [0, 0.05) is 35.7 Å². The first-order chi connectivity index (χ1) is 15.4. The Balaban J connectivity index is 1.54. The van der Waals surface area contributed by atoms with Gasteiger partial charge in [-0.1, -0.05) is 5.10 Å². The van der Waals surface area contributed by atoms with E-state index >= 15 is 0 Å². The highest BCUT2D eigenvalue weighted by molar-refractivity contribution is 5.88. The van der Waals surface area contributed by atoms with Gasteiger partial charge in [-0.15, -0.1) is 5.10 Å². The molecule has 3 aromatic rings. The van der Waals surface area contributed by atoms with Gasteiger partial charge in [0.25, 0.3) is 0 Å². The van der Waals surface area contributed by atoms with Crippen LogP contribution in [0.5, 0.6) is 11.5 Å². The smallest absolute Gasteiger partial charge is 0.387 e. The third-order valence-electron chi connectivity index (χ3n) is 4.87. The van der Waals surface area contributed by atoms with Gasteiger partial charge in [-0.2, -0.15) is 8.78 Å². The number of amides is 1. The minimum Gasteiger partial charge on any atom is -0.497 e. The van der Waals surface area contributed by atoms with Crippen molar-refractivity contribution < 1.29 is 36.2 Å². The number of aromatic nitrogens is 2. The normalized spacial score (nSPS) is 18.0. The fourth-order valence-corrected chi connectivity index (χ4v) is 3.40. The summed E-state index contributed by atoms with van der Waals surface area (Å²) < 4.78 is 68.2. The van der Waals surface area contributed by atoms with Crippen LogP contribution >= 0.6 is 0 Å². The zero-order chi connectivity index (χ0) is 22.8. The second-order valence-electron chi connectivity index (χ2n) is 6.79. The molecular formula is C20H16F4N4O4. The van der Waals surface area contributed by atoms with E-state index < -0.39 is 36.1 Å². The number of hydrogen-bond donors (Lipinski definition) is 2. The fraction of sp³-hybridized carbons (Fsp3) is 0.250. The van der Waals surface area contributed by atoms with Crippen LogP contribution in [0, 0.1) is 11.6 Å². The van der Waals surface area contributed by atoms with E-state index in [9.17, 15) is 22.4 Å². The fourth-order valence-electron chi connectivity index (χ4n) is 3.40. The number of anilines is 1. The van der Waals surface area contributed by atoms with E-state index in [-0.39, 0.29) is 35.5 Å². The average molecular weight is 452 g/mol. The molecule has 2 heterocycles. The Hall–Kier alpha value is -3.83. The van der Waals surface area contributed by atoms with Crippen LogP contribution in [0.25, 0.3) is 11.5 Å². The van der Waals surface area contributed by atoms with Gasteiger partial charge in [-0.3, -0.25) is 4.79 Å². The molecule has 1 aliphatic rings. The predicted molar refractivity (Wildman–Crippen MR) is 102 cm³/mol. The minimum atomic E-state index is -2.95. The minimum absolute atomic E-state index is 0.0107. The van der Waals surface area contributed by atoms with Gasteiger partial charge < -0.3 is 24.5 Å². The van der Waals surface area contributed by atoms with Gasteiger partial charge in [0.2, 0.25) is 11.8 Å². The van der Waals surface area contributed by atoms with Gasteiger partial charge in [0.05, 0.1) is 7.11 Å². The molecule has 0 bridgehead atoms. The Morgan fingerprint density at radius 2 is 1.81 bits per heavy atom. The van der Waals surface area contributed by atoms with Crippen molar-refractivity contribution >= 4 is 11.9 Å². The Kier molecular flexibility index (Phi) is 5.84. The van der Waals surface area contributed by atoms with Crippen LogP contribution in [-0.4, -0.2) is 42.4 Å². The maximum Gasteiger partial charge on any atom is 0.387 e. The number of alkyl halides is 2. The summed E-state index contributed by atoms with van der Waals surface area (Å²) in [7, 11) is 1.28. The predicted octanol–water partition coefficient (Wildman–Crippen LogP) is 3.32. The van der Waals surface area contributed by atoms with E-state index in [0.717, 1.165) is 12.1 Å². The van der Waals surface area contributed by atoms with Crippen LogP contribution in [0.4, 0.5) is 23.6 Å². The van der Waals surface area contributed by atoms with E-state index in [2.05, 4.69) is 25.6 Å². The van der Waals surface area contributed by atoms with Crippen molar-refractivity contribution in [2.45, 2.75) is 18.6 Å². The van der Waals surface area contributed by atoms with Crippen molar-refractivity contribution in [2.75, 3.05) is 19.0 Å². The topological polar surface area (TPSA) is 98.5 Å². The zero-order valence-electron chi connectivity index (χ0n) is 16.4. The van der Waals surface area contributed by atoms with Gasteiger partial charge in [0.15, 0.2) is 0 Å². The first-order valence-corrected chi connectivity index (χ1v) is 9.31. The van der Waals surface area contributed by atoms with Crippen LogP contribution in [0.15, 0.2) is 40.8 Å². The van der Waals surface area contributed by atoms with E-state index in [4.69, 9.17) is 9.15 Å². The van der Waals surface area contributed by atoms with E-state index in [1.807, 2.05) is 0 Å². The van der Waals surface area contributed by atoms with Crippen LogP contribution in [0.1, 0.15) is 11.5 Å². The molecule has 1 amide bonds. The summed E-state index contributed by atoms with van der Waals surface area (Å²) in [4.78, 5) is 12.3. The maximum atomic E-state index is 14.5. The molecule has 4 rings (SSSR count). The Bertz CT molecular complexity index is 1100. The van der Waals surface area contributed by atoms with Crippen LogP contribution in [0.2, 0.25) is 0 Å². The highest BCUT2D eigenvalue weighted by Gasteiger charge is 2.40. The first-order valence-electron chi connectivity index (χ1n) is 9.31. The number of halogens is 4. The summed E-state index contributed by atoms with van der Waals surface area (Å²) in [5.41, 5.74) is 0.128. The zero-order valence-corrected chi connectivity index (χ0v) is 16.4. The van der Waals surface area contributed by atoms with Crippen LogP contribution < -0.4 is 20.1 Å². The molecule has 2 aromatic carbocycles. The Labute approximate surface area is 178 Å². The van der Waals surface area contributed by atoms with Gasteiger partial charge in [-0.25, -0.2) is 8.78 Å². The van der Waals surface area contributed by atoms with Crippen LogP contribution in [-0.2, 0) is 4.79 Å². The number of ether oxygens (including phenoxy) is 2. The molecule has 1 fully saturated rings. The molecule has 2 unspecified atom stereocenters. The molecule has 0 spiro atoms. The maximum absolute atomic E-state index is 14.5. The molecule has 0 radical (unpaired) electrons. The highest BCUT2D eigenvalue weighted by atomic mass is 19.3. The summed E-state index contributed by atoms with van der Waals surface area (Å²) in [6.07, 6.45) is 0. The molecule has 1 saturated heterocycles. The molecule has 2 atom stereocenters. The second-order valence-corrected chi connectivity index (χ2v) is 6.79. The Morgan fingerprint density at radius 1 is 1.12 bits per heavy atom. The number of nitrogens with zero attached hydrogens (tertiary/aromatic N) is 2. The Morgan fingerprint density at radius 3 is 2.44 bits per heavy atom. The number of carbonyl (C=O) groups is 1. The number of nitrogens with one attached hydrogen (secondary N) is 2. The van der Waals surface area contributed by atoms with Crippen molar-refractivity contribution in [1.82, 2.24) is 15.5 Å². The third-order valence-corrected chi connectivity index (χ3v) is 4.87. The molecular weight excluding hydrogens is 436 g/mol. The molecule has 12 heteroatoms.